The SMILES string of the molecule is CO[C@@H]1C[C@H](OCc2ccccc2)[C@H]2CSC1O2. The van der Waals surface area contributed by atoms with Crippen LogP contribution in [-0.4, -0.2) is 36.6 Å². The molecule has 2 saturated heterocycles. The summed E-state index contributed by atoms with van der Waals surface area (Å²) < 4.78 is 17.4. The van der Waals surface area contributed by atoms with Gasteiger partial charge in [-0.3, -0.25) is 0 Å². The Balaban J connectivity index is 1.59. The third kappa shape index (κ3) is 2.57. The van der Waals surface area contributed by atoms with Gasteiger partial charge in [0.05, 0.1) is 24.9 Å². The van der Waals surface area contributed by atoms with E-state index in [1.807, 2.05) is 30.0 Å². The maximum Gasteiger partial charge on any atom is 0.130 e. The molecule has 1 aromatic rings. The Morgan fingerprint density at radius 1 is 1.28 bits per heavy atom. The fraction of sp³-hybridized carbons (Fsp3) is 0.571. The number of benzene rings is 1. The van der Waals surface area contributed by atoms with Gasteiger partial charge in [-0.15, -0.1) is 11.8 Å². The van der Waals surface area contributed by atoms with Crippen LogP contribution in [0.1, 0.15) is 12.0 Å². The van der Waals surface area contributed by atoms with Gasteiger partial charge >= 0.3 is 0 Å². The van der Waals surface area contributed by atoms with E-state index in [2.05, 4.69) is 12.1 Å². The van der Waals surface area contributed by atoms with Crippen molar-refractivity contribution < 1.29 is 14.2 Å². The second-order valence-corrected chi connectivity index (χ2v) is 5.85. The molecule has 4 atom stereocenters. The maximum absolute atomic E-state index is 6.01. The largest absolute Gasteiger partial charge is 0.378 e. The van der Waals surface area contributed by atoms with E-state index in [-0.39, 0.29) is 23.7 Å². The molecule has 2 aliphatic heterocycles. The first-order valence-electron chi connectivity index (χ1n) is 6.32. The van der Waals surface area contributed by atoms with Crippen molar-refractivity contribution in [2.75, 3.05) is 12.9 Å². The molecule has 98 valence electrons. The number of fused-ring (bicyclic) bond motifs is 2. The minimum Gasteiger partial charge on any atom is -0.378 e. The minimum atomic E-state index is 0.154. The minimum absolute atomic E-state index is 0.154. The highest BCUT2D eigenvalue weighted by molar-refractivity contribution is 8.00. The van der Waals surface area contributed by atoms with Crippen molar-refractivity contribution in [1.29, 1.82) is 0 Å². The van der Waals surface area contributed by atoms with Crippen LogP contribution in [-0.2, 0) is 20.8 Å². The average Bonchev–Trinajstić information content (AvgIpc) is 2.84. The highest BCUT2D eigenvalue weighted by Gasteiger charge is 2.44. The molecule has 2 heterocycles. The van der Waals surface area contributed by atoms with Crippen molar-refractivity contribution in [1.82, 2.24) is 0 Å². The summed E-state index contributed by atoms with van der Waals surface area (Å²) in [6, 6.07) is 10.3. The lowest BCUT2D eigenvalue weighted by Gasteiger charge is -2.33. The van der Waals surface area contributed by atoms with Gasteiger partial charge in [-0.25, -0.2) is 0 Å². The van der Waals surface area contributed by atoms with Gasteiger partial charge in [0.25, 0.3) is 0 Å². The van der Waals surface area contributed by atoms with Gasteiger partial charge in [0.2, 0.25) is 0 Å². The third-order valence-corrected chi connectivity index (χ3v) is 4.79. The average molecular weight is 266 g/mol. The predicted octanol–water partition coefficient (Wildman–Crippen LogP) is 2.45. The van der Waals surface area contributed by atoms with Crippen LogP contribution >= 0.6 is 11.8 Å². The third-order valence-electron chi connectivity index (χ3n) is 3.53. The molecule has 4 heteroatoms. The van der Waals surface area contributed by atoms with Crippen molar-refractivity contribution in [3.8, 4) is 0 Å². The van der Waals surface area contributed by atoms with Crippen LogP contribution in [0.5, 0.6) is 0 Å². The van der Waals surface area contributed by atoms with Crippen molar-refractivity contribution in [2.45, 2.75) is 36.8 Å². The number of hydrogen-bond acceptors (Lipinski definition) is 4. The molecule has 0 aromatic heterocycles. The molecule has 3 rings (SSSR count). The zero-order valence-corrected chi connectivity index (χ0v) is 11.3. The summed E-state index contributed by atoms with van der Waals surface area (Å²) in [4.78, 5) is 0. The Kier molecular flexibility index (Phi) is 3.89. The first-order valence-corrected chi connectivity index (χ1v) is 7.37. The van der Waals surface area contributed by atoms with E-state index in [0.29, 0.717) is 6.61 Å². The van der Waals surface area contributed by atoms with Crippen molar-refractivity contribution in [2.24, 2.45) is 0 Å². The molecule has 0 amide bonds. The number of hydrogen-bond donors (Lipinski definition) is 0. The monoisotopic (exact) mass is 266 g/mol. The summed E-state index contributed by atoms with van der Waals surface area (Å²) in [5, 5.41) is 0. The van der Waals surface area contributed by atoms with E-state index in [0.717, 1.165) is 12.2 Å². The van der Waals surface area contributed by atoms with Crippen LogP contribution in [0, 0.1) is 0 Å². The summed E-state index contributed by atoms with van der Waals surface area (Å²) in [5.41, 5.74) is 1.41. The Hall–Kier alpha value is -0.550. The first kappa shape index (κ1) is 12.5. The molecule has 0 spiro atoms. The molecule has 1 unspecified atom stereocenters. The van der Waals surface area contributed by atoms with Crippen LogP contribution < -0.4 is 0 Å². The molecule has 0 radical (unpaired) electrons. The topological polar surface area (TPSA) is 27.7 Å². The zero-order valence-electron chi connectivity index (χ0n) is 10.5. The number of methoxy groups -OCH3 is 1. The molecule has 0 aliphatic carbocycles. The Labute approximate surface area is 112 Å². The quantitative estimate of drug-likeness (QED) is 0.836. The second kappa shape index (κ2) is 5.61. The molecule has 2 aliphatic rings. The molecule has 2 fully saturated rings. The summed E-state index contributed by atoms with van der Waals surface area (Å²) >= 11 is 1.84. The number of rotatable bonds is 4. The molecule has 0 N–H and O–H groups in total. The lowest BCUT2D eigenvalue weighted by atomic mass is 10.0. The summed E-state index contributed by atoms with van der Waals surface area (Å²) in [5.74, 6) is 1.02. The van der Waals surface area contributed by atoms with E-state index in [9.17, 15) is 0 Å². The normalized spacial score (nSPS) is 34.7. The Morgan fingerprint density at radius 3 is 2.89 bits per heavy atom. The molecule has 1 aromatic carbocycles. The fourth-order valence-corrected chi connectivity index (χ4v) is 3.81. The van der Waals surface area contributed by atoms with Crippen LogP contribution in [0.15, 0.2) is 30.3 Å². The van der Waals surface area contributed by atoms with Crippen molar-refractivity contribution in [3.63, 3.8) is 0 Å². The molecule has 2 bridgehead atoms. The van der Waals surface area contributed by atoms with Crippen molar-refractivity contribution in [3.05, 3.63) is 35.9 Å². The molecule has 0 saturated carbocycles. The van der Waals surface area contributed by atoms with Gasteiger partial charge in [0.1, 0.15) is 5.44 Å². The van der Waals surface area contributed by atoms with Gasteiger partial charge in [0, 0.05) is 19.3 Å². The van der Waals surface area contributed by atoms with Crippen LogP contribution in [0.25, 0.3) is 0 Å². The van der Waals surface area contributed by atoms with Gasteiger partial charge < -0.3 is 14.2 Å². The maximum atomic E-state index is 6.01. The number of thioether (sulfide) groups is 1. The molecular weight excluding hydrogens is 248 g/mol. The van der Waals surface area contributed by atoms with Crippen LogP contribution in [0.4, 0.5) is 0 Å². The van der Waals surface area contributed by atoms with Gasteiger partial charge in [-0.05, 0) is 5.56 Å². The smallest absolute Gasteiger partial charge is 0.130 e. The van der Waals surface area contributed by atoms with E-state index >= 15 is 0 Å². The van der Waals surface area contributed by atoms with E-state index in [4.69, 9.17) is 14.2 Å². The van der Waals surface area contributed by atoms with Gasteiger partial charge in [0.15, 0.2) is 0 Å². The van der Waals surface area contributed by atoms with Crippen LogP contribution in [0.2, 0.25) is 0 Å². The van der Waals surface area contributed by atoms with E-state index < -0.39 is 0 Å². The van der Waals surface area contributed by atoms with Gasteiger partial charge in [-0.1, -0.05) is 30.3 Å². The standard InChI is InChI=1S/C14H18O3S/c1-15-12-7-11(13-9-18-14(12)17-13)16-8-10-5-3-2-4-6-10/h2-6,11-14H,7-9H2,1H3/t11-,12+,13+,14?/m0/s1. The Bertz CT molecular complexity index is 384. The van der Waals surface area contributed by atoms with Crippen LogP contribution in [0.3, 0.4) is 0 Å². The molecule has 18 heavy (non-hydrogen) atoms. The van der Waals surface area contributed by atoms with E-state index in [1.54, 1.807) is 7.11 Å². The van der Waals surface area contributed by atoms with E-state index in [1.165, 1.54) is 5.56 Å². The lowest BCUT2D eigenvalue weighted by molar-refractivity contribution is -0.151. The zero-order chi connectivity index (χ0) is 12.4. The Morgan fingerprint density at radius 2 is 2.11 bits per heavy atom. The summed E-state index contributed by atoms with van der Waals surface area (Å²) in [6.07, 6.45) is 1.48. The highest BCUT2D eigenvalue weighted by atomic mass is 32.2. The second-order valence-electron chi connectivity index (χ2n) is 4.72. The number of ether oxygens (including phenoxy) is 3. The molecular formula is C14H18O3S. The molecule has 3 nitrogen and oxygen atoms in total. The van der Waals surface area contributed by atoms with Crippen molar-refractivity contribution >= 4 is 11.8 Å². The fourth-order valence-electron chi connectivity index (χ4n) is 2.48. The predicted molar refractivity (Wildman–Crippen MR) is 71.6 cm³/mol. The lowest BCUT2D eigenvalue weighted by Crippen LogP contribution is -2.43. The first-order chi connectivity index (χ1) is 8.86. The summed E-state index contributed by atoms with van der Waals surface area (Å²) in [6.45, 7) is 0.650. The highest BCUT2D eigenvalue weighted by Crippen LogP contribution is 2.39. The summed E-state index contributed by atoms with van der Waals surface area (Å²) in [7, 11) is 1.75. The van der Waals surface area contributed by atoms with Gasteiger partial charge in [-0.2, -0.15) is 0 Å².